The Balaban J connectivity index is 2.11. The van der Waals surface area contributed by atoms with Gasteiger partial charge in [-0.05, 0) is 38.5 Å². The third-order valence-corrected chi connectivity index (χ3v) is 3.75. The summed E-state index contributed by atoms with van der Waals surface area (Å²) >= 11 is 5.97. The Morgan fingerprint density at radius 1 is 1.25 bits per heavy atom. The summed E-state index contributed by atoms with van der Waals surface area (Å²) in [5.74, 6) is 0.158. The Bertz CT molecular complexity index is 792. The van der Waals surface area contributed by atoms with E-state index in [0.29, 0.717) is 5.75 Å². The summed E-state index contributed by atoms with van der Waals surface area (Å²) in [6, 6.07) is 9.50. The minimum absolute atomic E-state index is 0.155. The Morgan fingerprint density at radius 2 is 1.96 bits per heavy atom. The van der Waals surface area contributed by atoms with Gasteiger partial charge in [-0.2, -0.15) is 0 Å². The number of ether oxygens (including phenoxy) is 1. The molecule has 0 aliphatic rings. The average Bonchev–Trinajstić information content (AvgIpc) is 2.51. The Morgan fingerprint density at radius 3 is 2.58 bits per heavy atom. The van der Waals surface area contributed by atoms with E-state index in [-0.39, 0.29) is 16.4 Å². The number of anilines is 1. The van der Waals surface area contributed by atoms with Gasteiger partial charge in [-0.15, -0.1) is 0 Å². The zero-order valence-corrected chi connectivity index (χ0v) is 14.3. The van der Waals surface area contributed by atoms with Crippen molar-refractivity contribution in [2.24, 2.45) is 0 Å². The molecule has 0 aliphatic carbocycles. The summed E-state index contributed by atoms with van der Waals surface area (Å²) in [4.78, 5) is 22.5. The SMILES string of the molecule is Cc1ccc(O[C@H](C)C(=O)Nc2cc([N+](=O)[O-])ccc2Cl)c(C)c1. The van der Waals surface area contributed by atoms with E-state index in [4.69, 9.17) is 16.3 Å². The minimum atomic E-state index is -0.790. The van der Waals surface area contributed by atoms with Crippen LogP contribution in [0.15, 0.2) is 36.4 Å². The average molecular weight is 349 g/mol. The molecule has 2 rings (SSSR count). The number of hydrogen-bond acceptors (Lipinski definition) is 4. The van der Waals surface area contributed by atoms with Crippen LogP contribution in [0.3, 0.4) is 0 Å². The van der Waals surface area contributed by atoms with Crippen LogP contribution in [0.4, 0.5) is 11.4 Å². The molecule has 0 radical (unpaired) electrons. The van der Waals surface area contributed by atoms with Crippen LogP contribution in [0.1, 0.15) is 18.1 Å². The van der Waals surface area contributed by atoms with Gasteiger partial charge in [-0.1, -0.05) is 29.3 Å². The van der Waals surface area contributed by atoms with Crippen molar-refractivity contribution < 1.29 is 14.5 Å². The molecule has 24 heavy (non-hydrogen) atoms. The van der Waals surface area contributed by atoms with Crippen LogP contribution >= 0.6 is 11.6 Å². The highest BCUT2D eigenvalue weighted by Gasteiger charge is 2.18. The summed E-state index contributed by atoms with van der Waals surface area (Å²) in [6.07, 6.45) is -0.790. The number of nitro benzene ring substituents is 1. The highest BCUT2D eigenvalue weighted by molar-refractivity contribution is 6.33. The molecule has 7 heteroatoms. The first-order chi connectivity index (χ1) is 11.3. The van der Waals surface area contributed by atoms with E-state index in [2.05, 4.69) is 5.32 Å². The predicted molar refractivity (Wildman–Crippen MR) is 92.7 cm³/mol. The maximum atomic E-state index is 12.3. The van der Waals surface area contributed by atoms with E-state index in [9.17, 15) is 14.9 Å². The molecule has 0 bridgehead atoms. The number of carbonyl (C=O) groups is 1. The van der Waals surface area contributed by atoms with Crippen molar-refractivity contribution in [2.45, 2.75) is 26.9 Å². The van der Waals surface area contributed by atoms with Gasteiger partial charge < -0.3 is 10.1 Å². The molecule has 1 atom stereocenters. The first kappa shape index (κ1) is 17.7. The van der Waals surface area contributed by atoms with Gasteiger partial charge in [0, 0.05) is 12.1 Å². The lowest BCUT2D eigenvalue weighted by atomic mass is 10.1. The summed E-state index contributed by atoms with van der Waals surface area (Å²) in [5, 5.41) is 13.6. The van der Waals surface area contributed by atoms with Gasteiger partial charge in [0.05, 0.1) is 15.6 Å². The summed E-state index contributed by atoms with van der Waals surface area (Å²) in [6.45, 7) is 5.46. The quantitative estimate of drug-likeness (QED) is 0.646. The van der Waals surface area contributed by atoms with Gasteiger partial charge in [-0.25, -0.2) is 0 Å². The largest absolute Gasteiger partial charge is 0.481 e. The van der Waals surface area contributed by atoms with Crippen LogP contribution in [0.5, 0.6) is 5.75 Å². The Labute approximate surface area is 144 Å². The molecule has 0 spiro atoms. The molecule has 0 heterocycles. The molecule has 2 aromatic carbocycles. The monoisotopic (exact) mass is 348 g/mol. The molecule has 0 saturated heterocycles. The van der Waals surface area contributed by atoms with E-state index in [1.165, 1.54) is 18.2 Å². The van der Waals surface area contributed by atoms with Crippen molar-refractivity contribution in [2.75, 3.05) is 5.32 Å². The third-order valence-electron chi connectivity index (χ3n) is 3.42. The molecule has 1 amide bonds. The molecule has 126 valence electrons. The normalized spacial score (nSPS) is 11.7. The number of amides is 1. The number of rotatable bonds is 5. The second-order valence-corrected chi connectivity index (χ2v) is 5.85. The molecule has 0 aromatic heterocycles. The number of halogens is 1. The lowest BCUT2D eigenvalue weighted by molar-refractivity contribution is -0.384. The molecule has 0 fully saturated rings. The smallest absolute Gasteiger partial charge is 0.271 e. The number of aryl methyl sites for hydroxylation is 2. The Hall–Kier alpha value is -2.60. The molecular weight excluding hydrogens is 332 g/mol. The lowest BCUT2D eigenvalue weighted by Crippen LogP contribution is -2.30. The van der Waals surface area contributed by atoms with E-state index in [1.54, 1.807) is 13.0 Å². The maximum absolute atomic E-state index is 12.3. The van der Waals surface area contributed by atoms with Crippen LogP contribution in [-0.2, 0) is 4.79 Å². The topological polar surface area (TPSA) is 81.5 Å². The summed E-state index contributed by atoms with van der Waals surface area (Å²) in [7, 11) is 0. The van der Waals surface area contributed by atoms with Crippen molar-refractivity contribution >= 4 is 28.9 Å². The molecule has 6 nitrogen and oxygen atoms in total. The first-order valence-electron chi connectivity index (χ1n) is 7.26. The fourth-order valence-corrected chi connectivity index (χ4v) is 2.30. The van der Waals surface area contributed by atoms with Crippen LogP contribution in [-0.4, -0.2) is 16.9 Å². The van der Waals surface area contributed by atoms with E-state index in [0.717, 1.165) is 11.1 Å². The molecule has 2 aromatic rings. The van der Waals surface area contributed by atoms with Gasteiger partial charge >= 0.3 is 0 Å². The van der Waals surface area contributed by atoms with Crippen molar-refractivity contribution in [1.82, 2.24) is 0 Å². The zero-order chi connectivity index (χ0) is 17.9. The highest BCUT2D eigenvalue weighted by Crippen LogP contribution is 2.27. The maximum Gasteiger partial charge on any atom is 0.271 e. The standard InChI is InChI=1S/C17H17ClN2O4/c1-10-4-7-16(11(2)8-10)24-12(3)17(21)19-15-9-13(20(22)23)5-6-14(15)18/h4-9,12H,1-3H3,(H,19,21)/t12-/m1/s1. The van der Waals surface area contributed by atoms with Gasteiger partial charge in [-0.3, -0.25) is 14.9 Å². The van der Waals surface area contributed by atoms with E-state index < -0.39 is 16.9 Å². The first-order valence-corrected chi connectivity index (χ1v) is 7.64. The number of nitrogens with zero attached hydrogens (tertiary/aromatic N) is 1. The molecule has 0 aliphatic heterocycles. The van der Waals surface area contributed by atoms with E-state index >= 15 is 0 Å². The summed E-state index contributed by atoms with van der Waals surface area (Å²) < 4.78 is 5.66. The third kappa shape index (κ3) is 4.23. The minimum Gasteiger partial charge on any atom is -0.481 e. The molecular formula is C17H17ClN2O4. The van der Waals surface area contributed by atoms with Crippen molar-refractivity contribution in [3.63, 3.8) is 0 Å². The second kappa shape index (κ2) is 7.31. The van der Waals surface area contributed by atoms with Crippen LogP contribution in [0, 0.1) is 24.0 Å². The summed E-state index contributed by atoms with van der Waals surface area (Å²) in [5.41, 5.74) is 2.04. The van der Waals surface area contributed by atoms with Gasteiger partial charge in [0.2, 0.25) is 0 Å². The molecule has 0 unspecified atom stereocenters. The van der Waals surface area contributed by atoms with E-state index in [1.807, 2.05) is 26.0 Å². The fourth-order valence-electron chi connectivity index (χ4n) is 2.13. The number of benzene rings is 2. The Kier molecular flexibility index (Phi) is 5.41. The number of hydrogen-bond donors (Lipinski definition) is 1. The fraction of sp³-hybridized carbons (Fsp3) is 0.235. The number of nitrogens with one attached hydrogen (secondary N) is 1. The van der Waals surface area contributed by atoms with Crippen molar-refractivity contribution in [3.8, 4) is 5.75 Å². The van der Waals surface area contributed by atoms with Crippen LogP contribution < -0.4 is 10.1 Å². The second-order valence-electron chi connectivity index (χ2n) is 5.44. The van der Waals surface area contributed by atoms with Gasteiger partial charge in [0.15, 0.2) is 6.10 Å². The number of non-ortho nitro benzene ring substituents is 1. The van der Waals surface area contributed by atoms with Crippen LogP contribution in [0.25, 0.3) is 0 Å². The lowest BCUT2D eigenvalue weighted by Gasteiger charge is -2.17. The van der Waals surface area contributed by atoms with Gasteiger partial charge in [0.25, 0.3) is 11.6 Å². The predicted octanol–water partition coefficient (Wildman–Crippen LogP) is 4.27. The zero-order valence-electron chi connectivity index (χ0n) is 13.5. The highest BCUT2D eigenvalue weighted by atomic mass is 35.5. The molecule has 1 N–H and O–H groups in total. The number of carbonyl (C=O) groups excluding carboxylic acids is 1. The van der Waals surface area contributed by atoms with Gasteiger partial charge in [0.1, 0.15) is 5.75 Å². The van der Waals surface area contributed by atoms with Crippen molar-refractivity contribution in [3.05, 3.63) is 62.7 Å². The van der Waals surface area contributed by atoms with Crippen molar-refractivity contribution in [1.29, 1.82) is 0 Å². The van der Waals surface area contributed by atoms with Crippen LogP contribution in [0.2, 0.25) is 5.02 Å². The number of nitro groups is 1. The molecule has 0 saturated carbocycles.